The van der Waals surface area contributed by atoms with Crippen molar-refractivity contribution in [2.24, 2.45) is 0 Å². The lowest BCUT2D eigenvalue weighted by Gasteiger charge is -2.27. The highest BCUT2D eigenvalue weighted by Crippen LogP contribution is 2.16. The van der Waals surface area contributed by atoms with E-state index in [1.165, 1.54) is 14.0 Å². The number of carbonyl (C=O) groups is 2. The second kappa shape index (κ2) is 6.33. The molecule has 0 aliphatic carbocycles. The van der Waals surface area contributed by atoms with E-state index in [1.807, 2.05) is 0 Å². The fourth-order valence-corrected chi connectivity index (χ4v) is 3.93. The number of nitrogens with zero attached hydrogens (tertiary/aromatic N) is 1. The lowest BCUT2D eigenvalue weighted by Crippen LogP contribution is -2.50. The molecule has 0 aromatic rings. The van der Waals surface area contributed by atoms with Crippen molar-refractivity contribution in [3.8, 4) is 0 Å². The van der Waals surface area contributed by atoms with Gasteiger partial charge in [-0.15, -0.1) is 0 Å². The molecular formula is C11H20N2O5S. The Kier molecular flexibility index (Phi) is 5.30. The van der Waals surface area contributed by atoms with Crippen molar-refractivity contribution >= 4 is 21.7 Å². The molecule has 1 amide bonds. The number of sulfone groups is 1. The Hall–Kier alpha value is -1.15. The van der Waals surface area contributed by atoms with E-state index >= 15 is 0 Å². The average Bonchev–Trinajstić information content (AvgIpc) is 2.67. The van der Waals surface area contributed by atoms with Crippen LogP contribution in [0.2, 0.25) is 0 Å². The standard InChI is InChI=1S/C11H20N2O5S/c1-8(14)12-10(11(15)18-3)6-13(2)9-4-5-19(16,17)7-9/h9-10H,4-7H2,1-3H3,(H,12,14). The van der Waals surface area contributed by atoms with Gasteiger partial charge in [0.2, 0.25) is 5.91 Å². The normalized spacial score (nSPS) is 23.1. The molecule has 1 rings (SSSR count). The number of hydrogen-bond donors (Lipinski definition) is 1. The maximum Gasteiger partial charge on any atom is 0.329 e. The lowest BCUT2D eigenvalue weighted by molar-refractivity contribution is -0.145. The SMILES string of the molecule is COC(=O)C(CN(C)C1CCS(=O)(=O)C1)NC(C)=O. The maximum absolute atomic E-state index is 11.5. The van der Waals surface area contributed by atoms with E-state index in [9.17, 15) is 18.0 Å². The Labute approximate surface area is 113 Å². The predicted molar refractivity (Wildman–Crippen MR) is 69.3 cm³/mol. The third kappa shape index (κ3) is 4.79. The summed E-state index contributed by atoms with van der Waals surface area (Å²) in [5, 5.41) is 2.50. The molecule has 1 aliphatic rings. The number of carbonyl (C=O) groups excluding carboxylic acids is 2. The Bertz CT molecular complexity index is 448. The fourth-order valence-electron chi connectivity index (χ4n) is 2.13. The summed E-state index contributed by atoms with van der Waals surface area (Å²) in [6.45, 7) is 1.54. The van der Waals surface area contributed by atoms with E-state index in [1.54, 1.807) is 11.9 Å². The summed E-state index contributed by atoms with van der Waals surface area (Å²) in [4.78, 5) is 24.4. The van der Waals surface area contributed by atoms with Crippen LogP contribution in [0.1, 0.15) is 13.3 Å². The zero-order chi connectivity index (χ0) is 14.6. The topological polar surface area (TPSA) is 92.8 Å². The summed E-state index contributed by atoms with van der Waals surface area (Å²) >= 11 is 0. The summed E-state index contributed by atoms with van der Waals surface area (Å²) in [5.74, 6) is -0.603. The van der Waals surface area contributed by atoms with Gasteiger partial charge in [0.25, 0.3) is 0 Å². The minimum atomic E-state index is -2.97. The highest BCUT2D eigenvalue weighted by atomic mass is 32.2. The largest absolute Gasteiger partial charge is 0.467 e. The summed E-state index contributed by atoms with van der Waals surface area (Å²) in [6.07, 6.45) is 0.548. The van der Waals surface area contributed by atoms with Crippen LogP contribution in [0.15, 0.2) is 0 Å². The first-order chi connectivity index (χ1) is 8.75. The van der Waals surface area contributed by atoms with Crippen LogP contribution in [0, 0.1) is 0 Å². The van der Waals surface area contributed by atoms with Crippen LogP contribution >= 0.6 is 0 Å². The van der Waals surface area contributed by atoms with Crippen LogP contribution in [0.4, 0.5) is 0 Å². The lowest BCUT2D eigenvalue weighted by atomic mass is 10.2. The van der Waals surface area contributed by atoms with Crippen LogP contribution in [-0.4, -0.2) is 69.5 Å². The van der Waals surface area contributed by atoms with E-state index < -0.39 is 21.8 Å². The van der Waals surface area contributed by atoms with Crippen molar-refractivity contribution in [1.82, 2.24) is 10.2 Å². The summed E-state index contributed by atoms with van der Waals surface area (Å²) < 4.78 is 27.4. The second-order valence-corrected chi connectivity index (χ2v) is 7.00. The van der Waals surface area contributed by atoms with Gasteiger partial charge in [-0.2, -0.15) is 0 Å². The molecule has 1 saturated heterocycles. The Morgan fingerprint density at radius 3 is 2.53 bits per heavy atom. The molecule has 0 saturated carbocycles. The smallest absolute Gasteiger partial charge is 0.329 e. The number of nitrogens with one attached hydrogen (secondary N) is 1. The van der Waals surface area contributed by atoms with Crippen molar-refractivity contribution in [2.75, 3.05) is 32.2 Å². The first-order valence-electron chi connectivity index (χ1n) is 6.01. The van der Waals surface area contributed by atoms with Crippen molar-refractivity contribution in [2.45, 2.75) is 25.4 Å². The molecule has 1 fully saturated rings. The van der Waals surface area contributed by atoms with Crippen LogP contribution in [0.3, 0.4) is 0 Å². The molecule has 0 radical (unpaired) electrons. The molecule has 0 bridgehead atoms. The molecule has 8 heteroatoms. The van der Waals surface area contributed by atoms with Crippen molar-refractivity contribution in [3.05, 3.63) is 0 Å². The number of ether oxygens (including phenoxy) is 1. The van der Waals surface area contributed by atoms with E-state index in [0.29, 0.717) is 6.42 Å². The molecule has 0 aromatic carbocycles. The zero-order valence-corrected chi connectivity index (χ0v) is 12.2. The van der Waals surface area contributed by atoms with Gasteiger partial charge in [0.1, 0.15) is 6.04 Å². The molecule has 2 unspecified atom stereocenters. The average molecular weight is 292 g/mol. The quantitative estimate of drug-likeness (QED) is 0.639. The van der Waals surface area contributed by atoms with Gasteiger partial charge in [-0.05, 0) is 13.5 Å². The van der Waals surface area contributed by atoms with Crippen LogP contribution in [-0.2, 0) is 24.2 Å². The van der Waals surface area contributed by atoms with E-state index in [2.05, 4.69) is 10.1 Å². The number of esters is 1. The number of methoxy groups -OCH3 is 1. The van der Waals surface area contributed by atoms with Crippen molar-refractivity contribution in [3.63, 3.8) is 0 Å². The summed E-state index contributed by atoms with van der Waals surface area (Å²) in [7, 11) is 0.0162. The van der Waals surface area contributed by atoms with Crippen LogP contribution in [0.5, 0.6) is 0 Å². The summed E-state index contributed by atoms with van der Waals surface area (Å²) in [6, 6.07) is -0.901. The molecule has 1 heterocycles. The van der Waals surface area contributed by atoms with Crippen molar-refractivity contribution < 1.29 is 22.7 Å². The van der Waals surface area contributed by atoms with Gasteiger partial charge >= 0.3 is 5.97 Å². The highest BCUT2D eigenvalue weighted by Gasteiger charge is 2.33. The third-order valence-electron chi connectivity index (χ3n) is 3.17. The number of hydrogen-bond acceptors (Lipinski definition) is 6. The van der Waals surface area contributed by atoms with E-state index in [0.717, 1.165) is 0 Å². The van der Waals surface area contributed by atoms with E-state index in [4.69, 9.17) is 0 Å². The first kappa shape index (κ1) is 15.9. The van der Waals surface area contributed by atoms with Gasteiger partial charge < -0.3 is 10.1 Å². The van der Waals surface area contributed by atoms with Crippen molar-refractivity contribution in [1.29, 1.82) is 0 Å². The molecule has 2 atom stereocenters. The minimum absolute atomic E-state index is 0.0947. The van der Waals surface area contributed by atoms with Gasteiger partial charge in [-0.25, -0.2) is 13.2 Å². The highest BCUT2D eigenvalue weighted by molar-refractivity contribution is 7.91. The van der Waals surface area contributed by atoms with E-state index in [-0.39, 0.29) is 30.0 Å². The third-order valence-corrected chi connectivity index (χ3v) is 4.92. The maximum atomic E-state index is 11.5. The van der Waals surface area contributed by atoms with Gasteiger partial charge in [0.15, 0.2) is 9.84 Å². The molecule has 7 nitrogen and oxygen atoms in total. The molecular weight excluding hydrogens is 272 g/mol. The Morgan fingerprint density at radius 2 is 2.11 bits per heavy atom. The molecule has 1 aliphatic heterocycles. The van der Waals surface area contributed by atoms with Gasteiger partial charge in [-0.1, -0.05) is 0 Å². The zero-order valence-electron chi connectivity index (χ0n) is 11.4. The molecule has 19 heavy (non-hydrogen) atoms. The Balaban J connectivity index is 2.63. The first-order valence-corrected chi connectivity index (χ1v) is 7.83. The second-order valence-electron chi connectivity index (χ2n) is 4.77. The molecule has 1 N–H and O–H groups in total. The van der Waals surface area contributed by atoms with Crippen LogP contribution < -0.4 is 5.32 Å². The molecule has 0 aromatic heterocycles. The summed E-state index contributed by atoms with van der Waals surface area (Å²) in [5.41, 5.74) is 0. The molecule has 110 valence electrons. The number of likely N-dealkylation sites (N-methyl/N-ethyl adjacent to an activating group) is 1. The van der Waals surface area contributed by atoms with Gasteiger partial charge in [0.05, 0.1) is 18.6 Å². The fraction of sp³-hybridized carbons (Fsp3) is 0.818. The van der Waals surface area contributed by atoms with Gasteiger partial charge in [0, 0.05) is 19.5 Å². The number of amides is 1. The Morgan fingerprint density at radius 1 is 1.47 bits per heavy atom. The van der Waals surface area contributed by atoms with Gasteiger partial charge in [-0.3, -0.25) is 9.69 Å². The molecule has 0 spiro atoms. The monoisotopic (exact) mass is 292 g/mol. The minimum Gasteiger partial charge on any atom is -0.467 e. The van der Waals surface area contributed by atoms with Crippen LogP contribution in [0.25, 0.3) is 0 Å². The number of rotatable bonds is 5. The predicted octanol–water partition coefficient (Wildman–Crippen LogP) is -1.22.